The van der Waals surface area contributed by atoms with Crippen LogP contribution in [0.4, 0.5) is 11.8 Å². The van der Waals surface area contributed by atoms with Crippen molar-refractivity contribution in [3.8, 4) is 11.3 Å². The summed E-state index contributed by atoms with van der Waals surface area (Å²) >= 11 is 0. The van der Waals surface area contributed by atoms with Gasteiger partial charge in [-0.05, 0) is 25.3 Å². The highest BCUT2D eigenvalue weighted by Gasteiger charge is 2.26. The number of aryl methyl sites for hydroxylation is 2. The number of anilines is 2. The van der Waals surface area contributed by atoms with Crippen LogP contribution in [0, 0.1) is 6.92 Å². The molecule has 3 aromatic heterocycles. The number of hydrogen-bond donors (Lipinski definition) is 1. The van der Waals surface area contributed by atoms with Crippen molar-refractivity contribution < 1.29 is 0 Å². The predicted molar refractivity (Wildman–Crippen MR) is 109 cm³/mol. The van der Waals surface area contributed by atoms with Gasteiger partial charge in [0.05, 0.1) is 11.9 Å². The first-order valence-corrected chi connectivity index (χ1v) is 9.66. The average molecular weight is 378 g/mol. The molecule has 1 aliphatic heterocycles. The maximum atomic E-state index is 4.75. The molecule has 8 heteroatoms. The third-order valence-corrected chi connectivity index (χ3v) is 5.01. The molecule has 0 spiro atoms. The number of rotatable bonds is 5. The highest BCUT2D eigenvalue weighted by atomic mass is 15.3. The van der Waals surface area contributed by atoms with Gasteiger partial charge in [0.1, 0.15) is 11.6 Å². The zero-order chi connectivity index (χ0) is 19.7. The maximum Gasteiger partial charge on any atom is 0.225 e. The van der Waals surface area contributed by atoms with Gasteiger partial charge in [-0.15, -0.1) is 0 Å². The van der Waals surface area contributed by atoms with Crippen LogP contribution < -0.4 is 10.2 Å². The number of aromatic nitrogens is 6. The minimum Gasteiger partial charge on any atom is -0.365 e. The Bertz CT molecular complexity index is 964. The molecule has 1 unspecified atom stereocenters. The molecule has 1 atom stereocenters. The van der Waals surface area contributed by atoms with Crippen molar-refractivity contribution in [3.63, 3.8) is 0 Å². The summed E-state index contributed by atoms with van der Waals surface area (Å²) in [5, 5.41) is 7.85. The molecule has 1 fully saturated rings. The van der Waals surface area contributed by atoms with E-state index < -0.39 is 0 Å². The van der Waals surface area contributed by atoms with Crippen LogP contribution in [0.15, 0.2) is 30.9 Å². The van der Waals surface area contributed by atoms with E-state index >= 15 is 0 Å². The molecule has 1 aliphatic rings. The Morgan fingerprint density at radius 2 is 2.04 bits per heavy atom. The minimum absolute atomic E-state index is 0.303. The second-order valence-corrected chi connectivity index (χ2v) is 7.60. The molecule has 1 saturated heterocycles. The molecule has 28 heavy (non-hydrogen) atoms. The quantitative estimate of drug-likeness (QED) is 0.731. The van der Waals surface area contributed by atoms with E-state index in [1.165, 1.54) is 0 Å². The van der Waals surface area contributed by atoms with Gasteiger partial charge in [-0.1, -0.05) is 13.8 Å². The van der Waals surface area contributed by atoms with Gasteiger partial charge in [0.2, 0.25) is 5.95 Å². The second kappa shape index (κ2) is 7.53. The highest BCUT2D eigenvalue weighted by molar-refractivity contribution is 5.58. The molecular weight excluding hydrogens is 352 g/mol. The summed E-state index contributed by atoms with van der Waals surface area (Å²) in [4.78, 5) is 20.4. The first-order chi connectivity index (χ1) is 13.5. The van der Waals surface area contributed by atoms with Gasteiger partial charge in [-0.2, -0.15) is 5.10 Å². The summed E-state index contributed by atoms with van der Waals surface area (Å²) < 4.78 is 1.78. The number of nitrogens with one attached hydrogen (secondary N) is 1. The van der Waals surface area contributed by atoms with E-state index in [9.17, 15) is 0 Å². The van der Waals surface area contributed by atoms with Gasteiger partial charge < -0.3 is 10.2 Å². The molecule has 0 amide bonds. The molecule has 0 saturated carbocycles. The topological polar surface area (TPSA) is 84.7 Å². The van der Waals surface area contributed by atoms with E-state index in [1.807, 2.05) is 44.8 Å². The molecule has 4 rings (SSSR count). The van der Waals surface area contributed by atoms with E-state index in [0.717, 1.165) is 53.9 Å². The number of hydrogen-bond acceptors (Lipinski definition) is 7. The smallest absolute Gasteiger partial charge is 0.225 e. The molecular formula is C20H26N8. The van der Waals surface area contributed by atoms with Crippen LogP contribution in [-0.4, -0.2) is 48.8 Å². The van der Waals surface area contributed by atoms with E-state index in [-0.39, 0.29) is 0 Å². The van der Waals surface area contributed by atoms with Crippen LogP contribution in [0.2, 0.25) is 0 Å². The summed E-state index contributed by atoms with van der Waals surface area (Å²) in [7, 11) is 1.91. The summed E-state index contributed by atoms with van der Waals surface area (Å²) in [5.41, 5.74) is 3.04. The number of nitrogens with zero attached hydrogens (tertiary/aromatic N) is 7. The summed E-state index contributed by atoms with van der Waals surface area (Å²) in [5.74, 6) is 2.86. The van der Waals surface area contributed by atoms with Crippen molar-refractivity contribution in [2.75, 3.05) is 23.3 Å². The third kappa shape index (κ3) is 3.81. The Morgan fingerprint density at radius 3 is 2.79 bits per heavy atom. The van der Waals surface area contributed by atoms with E-state index in [4.69, 9.17) is 4.98 Å². The van der Waals surface area contributed by atoms with Gasteiger partial charge >= 0.3 is 0 Å². The first kappa shape index (κ1) is 18.3. The molecule has 1 N–H and O–H groups in total. The van der Waals surface area contributed by atoms with Crippen LogP contribution in [0.25, 0.3) is 11.3 Å². The van der Waals surface area contributed by atoms with Gasteiger partial charge in [0, 0.05) is 55.9 Å². The lowest BCUT2D eigenvalue weighted by Gasteiger charge is -2.19. The third-order valence-electron chi connectivity index (χ3n) is 5.01. The van der Waals surface area contributed by atoms with E-state index in [1.54, 1.807) is 4.68 Å². The first-order valence-electron chi connectivity index (χ1n) is 9.66. The Morgan fingerprint density at radius 1 is 1.18 bits per heavy atom. The van der Waals surface area contributed by atoms with Crippen LogP contribution in [0.3, 0.4) is 0 Å². The van der Waals surface area contributed by atoms with Gasteiger partial charge in [-0.3, -0.25) is 4.68 Å². The van der Waals surface area contributed by atoms with Crippen molar-refractivity contribution in [1.82, 2.24) is 29.7 Å². The fraction of sp³-hybridized carbons (Fsp3) is 0.450. The second-order valence-electron chi connectivity index (χ2n) is 7.60. The van der Waals surface area contributed by atoms with Crippen molar-refractivity contribution in [2.24, 2.45) is 7.05 Å². The molecule has 146 valence electrons. The van der Waals surface area contributed by atoms with Crippen molar-refractivity contribution >= 4 is 11.8 Å². The molecule has 0 bridgehead atoms. The lowest BCUT2D eigenvalue weighted by atomic mass is 10.1. The normalized spacial score (nSPS) is 16.8. The van der Waals surface area contributed by atoms with Crippen LogP contribution in [0.1, 0.15) is 37.6 Å². The SMILES string of the molecule is Cc1ncc(C(C)C)c(NC2CCN(c3nccc(-c4cnn(C)c4)n3)C2)n1. The predicted octanol–water partition coefficient (Wildman–Crippen LogP) is 2.79. The van der Waals surface area contributed by atoms with E-state index in [0.29, 0.717) is 12.0 Å². The zero-order valence-corrected chi connectivity index (χ0v) is 16.8. The molecule has 0 aromatic carbocycles. The highest BCUT2D eigenvalue weighted by Crippen LogP contribution is 2.26. The van der Waals surface area contributed by atoms with Gasteiger partial charge in [0.15, 0.2) is 0 Å². The summed E-state index contributed by atoms with van der Waals surface area (Å²) in [6.07, 6.45) is 8.55. The minimum atomic E-state index is 0.303. The molecule has 3 aromatic rings. The Kier molecular flexibility index (Phi) is 4.93. The van der Waals surface area contributed by atoms with Crippen molar-refractivity contribution in [1.29, 1.82) is 0 Å². The fourth-order valence-electron chi connectivity index (χ4n) is 3.49. The molecule has 4 heterocycles. The average Bonchev–Trinajstić information content (AvgIpc) is 3.31. The fourth-order valence-corrected chi connectivity index (χ4v) is 3.49. The monoisotopic (exact) mass is 378 g/mol. The van der Waals surface area contributed by atoms with E-state index in [2.05, 4.69) is 44.1 Å². The van der Waals surface area contributed by atoms with Crippen molar-refractivity contribution in [2.45, 2.75) is 39.2 Å². The molecule has 8 nitrogen and oxygen atoms in total. The largest absolute Gasteiger partial charge is 0.365 e. The summed E-state index contributed by atoms with van der Waals surface area (Å²) in [6, 6.07) is 2.22. The Labute approximate surface area is 165 Å². The standard InChI is InChI=1S/C20H26N8/c1-13(2)17-10-22-14(3)24-19(17)25-16-6-8-28(12-16)20-21-7-5-18(26-20)15-9-23-27(4)11-15/h5,7,9-11,13,16H,6,8,12H2,1-4H3,(H,22,24,25). The zero-order valence-electron chi connectivity index (χ0n) is 16.8. The summed E-state index contributed by atoms with van der Waals surface area (Å²) in [6.45, 7) is 8.01. The Hall–Kier alpha value is -3.03. The van der Waals surface area contributed by atoms with Crippen LogP contribution in [0.5, 0.6) is 0 Å². The van der Waals surface area contributed by atoms with Gasteiger partial charge in [0.25, 0.3) is 0 Å². The van der Waals surface area contributed by atoms with Crippen LogP contribution in [-0.2, 0) is 7.05 Å². The molecule has 0 aliphatic carbocycles. The lowest BCUT2D eigenvalue weighted by Crippen LogP contribution is -2.28. The van der Waals surface area contributed by atoms with Gasteiger partial charge in [-0.25, -0.2) is 19.9 Å². The maximum absolute atomic E-state index is 4.75. The van der Waals surface area contributed by atoms with Crippen molar-refractivity contribution in [3.05, 3.63) is 42.2 Å². The van der Waals surface area contributed by atoms with Crippen LogP contribution >= 0.6 is 0 Å². The molecule has 0 radical (unpaired) electrons. The lowest BCUT2D eigenvalue weighted by molar-refractivity contribution is 0.768. The Balaban J connectivity index is 1.49.